The Balaban J connectivity index is 3.65. The van der Waals surface area contributed by atoms with E-state index in [9.17, 15) is 14.4 Å². The minimum atomic E-state index is -1.06. The third kappa shape index (κ3) is 9.31. The summed E-state index contributed by atoms with van der Waals surface area (Å²) in [6.45, 7) is 1.68. The number of amides is 1. The Bertz CT molecular complexity index is 280. The zero-order valence-electron chi connectivity index (χ0n) is 9.73. The third-order valence-corrected chi connectivity index (χ3v) is 2.05. The Hall–Kier alpha value is -1.63. The fraction of sp³-hybridized carbons (Fsp3) is 0.700. The van der Waals surface area contributed by atoms with Crippen LogP contribution in [0, 0.1) is 0 Å². The third-order valence-electron chi connectivity index (χ3n) is 2.05. The molecule has 0 aliphatic heterocycles. The average molecular weight is 246 g/mol. The van der Waals surface area contributed by atoms with Crippen LogP contribution in [0.1, 0.15) is 26.2 Å². The summed E-state index contributed by atoms with van der Waals surface area (Å²) in [5, 5.41) is 22.2. The van der Waals surface area contributed by atoms with Crippen molar-refractivity contribution < 1.29 is 24.6 Å². The normalized spacial score (nSPS) is 11.8. The van der Waals surface area contributed by atoms with Gasteiger partial charge in [-0.05, 0) is 25.8 Å². The molecule has 4 N–H and O–H groups in total. The van der Waals surface area contributed by atoms with Gasteiger partial charge in [-0.25, -0.2) is 4.79 Å². The van der Waals surface area contributed by atoms with Gasteiger partial charge in [0.05, 0.1) is 6.54 Å². The van der Waals surface area contributed by atoms with Gasteiger partial charge in [-0.3, -0.25) is 9.59 Å². The van der Waals surface area contributed by atoms with Crippen molar-refractivity contribution in [2.45, 2.75) is 32.2 Å². The van der Waals surface area contributed by atoms with Gasteiger partial charge in [0.15, 0.2) is 0 Å². The Morgan fingerprint density at radius 2 is 1.82 bits per heavy atom. The highest BCUT2D eigenvalue weighted by Gasteiger charge is 2.17. The molecular weight excluding hydrogens is 228 g/mol. The molecule has 1 amide bonds. The van der Waals surface area contributed by atoms with Crippen molar-refractivity contribution in [3.63, 3.8) is 0 Å². The van der Waals surface area contributed by atoms with Gasteiger partial charge in [-0.1, -0.05) is 0 Å². The van der Waals surface area contributed by atoms with Crippen LogP contribution in [0.5, 0.6) is 0 Å². The van der Waals surface area contributed by atoms with Crippen LogP contribution in [-0.2, 0) is 14.4 Å². The zero-order chi connectivity index (χ0) is 13.3. The van der Waals surface area contributed by atoms with Gasteiger partial charge < -0.3 is 20.8 Å². The quantitative estimate of drug-likeness (QED) is 0.404. The van der Waals surface area contributed by atoms with E-state index < -0.39 is 18.0 Å². The predicted molar refractivity (Wildman–Crippen MR) is 59.6 cm³/mol. The SMILES string of the molecule is CC(=O)N[C@@H](CCCCNCC(=O)O)C(=O)O. The molecule has 0 aliphatic rings. The molecule has 0 aromatic carbocycles. The van der Waals surface area contributed by atoms with E-state index in [1.165, 1.54) is 6.92 Å². The molecule has 7 heteroatoms. The van der Waals surface area contributed by atoms with Crippen LogP contribution in [0.4, 0.5) is 0 Å². The maximum Gasteiger partial charge on any atom is 0.326 e. The van der Waals surface area contributed by atoms with Gasteiger partial charge in [-0.2, -0.15) is 0 Å². The highest BCUT2D eigenvalue weighted by molar-refractivity contribution is 5.81. The Labute approximate surface area is 99.2 Å². The summed E-state index contributed by atoms with van der Waals surface area (Å²) in [5.74, 6) is -2.35. The van der Waals surface area contributed by atoms with E-state index >= 15 is 0 Å². The molecule has 0 aromatic heterocycles. The molecule has 0 spiro atoms. The number of carbonyl (C=O) groups excluding carboxylic acids is 1. The number of nitrogens with one attached hydrogen (secondary N) is 2. The summed E-state index contributed by atoms with van der Waals surface area (Å²) in [4.78, 5) is 31.6. The smallest absolute Gasteiger partial charge is 0.326 e. The summed E-state index contributed by atoms with van der Waals surface area (Å²) in [6.07, 6.45) is 1.60. The molecule has 0 heterocycles. The molecule has 98 valence electrons. The summed E-state index contributed by atoms with van der Waals surface area (Å²) < 4.78 is 0. The first kappa shape index (κ1) is 15.4. The second-order valence-corrected chi connectivity index (χ2v) is 3.66. The van der Waals surface area contributed by atoms with Gasteiger partial charge in [0.2, 0.25) is 5.91 Å². The maximum atomic E-state index is 10.7. The Morgan fingerprint density at radius 3 is 2.29 bits per heavy atom. The second-order valence-electron chi connectivity index (χ2n) is 3.66. The average Bonchev–Trinajstić information content (AvgIpc) is 2.20. The lowest BCUT2D eigenvalue weighted by Gasteiger charge is -2.12. The first-order valence-electron chi connectivity index (χ1n) is 5.36. The summed E-state index contributed by atoms with van der Waals surface area (Å²) >= 11 is 0. The molecule has 17 heavy (non-hydrogen) atoms. The van der Waals surface area contributed by atoms with Crippen molar-refractivity contribution in [3.8, 4) is 0 Å². The first-order valence-corrected chi connectivity index (χ1v) is 5.36. The molecule has 0 fully saturated rings. The standard InChI is InChI=1S/C10H18N2O5/c1-7(13)12-8(10(16)17)4-2-3-5-11-6-9(14)15/h8,11H,2-6H2,1H3,(H,12,13)(H,14,15)(H,16,17)/t8-/m0/s1. The molecule has 0 aliphatic carbocycles. The van der Waals surface area contributed by atoms with Crippen LogP contribution in [-0.4, -0.2) is 47.2 Å². The maximum absolute atomic E-state index is 10.7. The first-order chi connectivity index (χ1) is 7.93. The number of hydrogen-bond acceptors (Lipinski definition) is 4. The molecule has 0 saturated carbocycles. The van der Waals surface area contributed by atoms with Crippen LogP contribution in [0.2, 0.25) is 0 Å². The van der Waals surface area contributed by atoms with Crippen LogP contribution >= 0.6 is 0 Å². The monoisotopic (exact) mass is 246 g/mol. The van der Waals surface area contributed by atoms with Crippen molar-refractivity contribution in [3.05, 3.63) is 0 Å². The van der Waals surface area contributed by atoms with Crippen LogP contribution in [0.3, 0.4) is 0 Å². The minimum Gasteiger partial charge on any atom is -0.480 e. The highest BCUT2D eigenvalue weighted by atomic mass is 16.4. The molecule has 1 atom stereocenters. The number of rotatable bonds is 9. The van der Waals surface area contributed by atoms with E-state index in [2.05, 4.69) is 10.6 Å². The highest BCUT2D eigenvalue weighted by Crippen LogP contribution is 2.00. The number of carboxylic acid groups (broad SMARTS) is 2. The van der Waals surface area contributed by atoms with E-state index in [4.69, 9.17) is 10.2 Å². The van der Waals surface area contributed by atoms with E-state index in [0.717, 1.165) is 0 Å². The number of carboxylic acids is 2. The molecule has 7 nitrogen and oxygen atoms in total. The van der Waals surface area contributed by atoms with E-state index in [1.54, 1.807) is 0 Å². The van der Waals surface area contributed by atoms with Crippen LogP contribution < -0.4 is 10.6 Å². The van der Waals surface area contributed by atoms with E-state index in [1.807, 2.05) is 0 Å². The number of carbonyl (C=O) groups is 3. The van der Waals surface area contributed by atoms with E-state index in [-0.39, 0.29) is 12.5 Å². The van der Waals surface area contributed by atoms with Gasteiger partial charge in [-0.15, -0.1) is 0 Å². The predicted octanol–water partition coefficient (Wildman–Crippen LogP) is -0.580. The van der Waals surface area contributed by atoms with Crippen LogP contribution in [0.25, 0.3) is 0 Å². The number of hydrogen-bond donors (Lipinski definition) is 4. The van der Waals surface area contributed by atoms with Crippen molar-refractivity contribution >= 4 is 17.8 Å². The summed E-state index contributed by atoms with van der Waals surface area (Å²) in [6, 6.07) is -0.869. The van der Waals surface area contributed by atoms with Crippen molar-refractivity contribution in [2.24, 2.45) is 0 Å². The molecule has 0 radical (unpaired) electrons. The van der Waals surface area contributed by atoms with Crippen LogP contribution in [0.15, 0.2) is 0 Å². The summed E-state index contributed by atoms with van der Waals surface area (Å²) in [7, 11) is 0. The lowest BCUT2D eigenvalue weighted by atomic mass is 10.1. The van der Waals surface area contributed by atoms with Crippen molar-refractivity contribution in [1.29, 1.82) is 0 Å². The number of aliphatic carboxylic acids is 2. The van der Waals surface area contributed by atoms with E-state index in [0.29, 0.717) is 25.8 Å². The lowest BCUT2D eigenvalue weighted by Crippen LogP contribution is -2.39. The Kier molecular flexibility index (Phi) is 7.70. The fourth-order valence-corrected chi connectivity index (χ4v) is 1.30. The largest absolute Gasteiger partial charge is 0.480 e. The summed E-state index contributed by atoms with van der Waals surface area (Å²) in [5.41, 5.74) is 0. The van der Waals surface area contributed by atoms with Crippen molar-refractivity contribution in [1.82, 2.24) is 10.6 Å². The number of unbranched alkanes of at least 4 members (excludes halogenated alkanes) is 1. The minimum absolute atomic E-state index is 0.103. The van der Waals surface area contributed by atoms with Gasteiger partial charge >= 0.3 is 11.9 Å². The Morgan fingerprint density at radius 1 is 1.18 bits per heavy atom. The second kappa shape index (κ2) is 8.51. The molecule has 0 aromatic rings. The van der Waals surface area contributed by atoms with Gasteiger partial charge in [0.1, 0.15) is 6.04 Å². The van der Waals surface area contributed by atoms with Crippen molar-refractivity contribution in [2.75, 3.05) is 13.1 Å². The van der Waals surface area contributed by atoms with Gasteiger partial charge in [0, 0.05) is 6.92 Å². The molecule has 0 bridgehead atoms. The molecule has 0 unspecified atom stereocenters. The zero-order valence-corrected chi connectivity index (χ0v) is 9.73. The molecule has 0 saturated heterocycles. The molecular formula is C10H18N2O5. The fourth-order valence-electron chi connectivity index (χ4n) is 1.30. The van der Waals surface area contributed by atoms with Gasteiger partial charge in [0.25, 0.3) is 0 Å². The molecule has 0 rings (SSSR count). The topological polar surface area (TPSA) is 116 Å². The lowest BCUT2D eigenvalue weighted by molar-refractivity contribution is -0.141.